The van der Waals surface area contributed by atoms with Crippen molar-refractivity contribution in [1.29, 1.82) is 0 Å². The second-order valence-corrected chi connectivity index (χ2v) is 4.43. The van der Waals surface area contributed by atoms with Gasteiger partial charge in [-0.2, -0.15) is 0 Å². The molecule has 1 saturated heterocycles. The molecule has 1 amide bonds. The van der Waals surface area contributed by atoms with E-state index in [9.17, 15) is 4.79 Å². The van der Waals surface area contributed by atoms with Gasteiger partial charge in [-0.15, -0.1) is 0 Å². The fraction of sp³-hybridized carbons (Fsp3) is 0.909. The summed E-state index contributed by atoms with van der Waals surface area (Å²) in [6, 6.07) is 0. The minimum absolute atomic E-state index is 0.149. The minimum atomic E-state index is -0.149. The molecule has 1 aliphatic carbocycles. The van der Waals surface area contributed by atoms with Gasteiger partial charge < -0.3 is 9.64 Å². The van der Waals surface area contributed by atoms with Crippen LogP contribution in [0.1, 0.15) is 19.8 Å². The molecule has 0 atom stereocenters. The van der Waals surface area contributed by atoms with Gasteiger partial charge in [-0.05, 0) is 25.7 Å². The summed E-state index contributed by atoms with van der Waals surface area (Å²) in [4.78, 5) is 15.7. The van der Waals surface area contributed by atoms with Crippen molar-refractivity contribution in [2.75, 3.05) is 39.3 Å². The summed E-state index contributed by atoms with van der Waals surface area (Å²) in [6.07, 6.45) is 2.65. The lowest BCUT2D eigenvalue weighted by Gasteiger charge is -2.33. The third kappa shape index (κ3) is 3.09. The number of hydrogen-bond acceptors (Lipinski definition) is 3. The van der Waals surface area contributed by atoms with E-state index in [2.05, 4.69) is 4.90 Å². The van der Waals surface area contributed by atoms with E-state index < -0.39 is 0 Å². The van der Waals surface area contributed by atoms with Crippen molar-refractivity contribution >= 4 is 6.09 Å². The van der Waals surface area contributed by atoms with Crippen LogP contribution in [0.15, 0.2) is 0 Å². The van der Waals surface area contributed by atoms with Gasteiger partial charge in [0.2, 0.25) is 0 Å². The molecule has 4 nitrogen and oxygen atoms in total. The molecule has 0 spiro atoms. The summed E-state index contributed by atoms with van der Waals surface area (Å²) in [6.45, 7) is 7.22. The maximum atomic E-state index is 11.4. The van der Waals surface area contributed by atoms with Gasteiger partial charge in [0.05, 0.1) is 6.61 Å². The van der Waals surface area contributed by atoms with Crippen LogP contribution < -0.4 is 0 Å². The first-order chi connectivity index (χ1) is 7.29. The number of carbonyl (C=O) groups is 1. The molecule has 0 bridgehead atoms. The number of amides is 1. The minimum Gasteiger partial charge on any atom is -0.450 e. The normalized spacial score (nSPS) is 22.9. The molecule has 1 saturated carbocycles. The zero-order chi connectivity index (χ0) is 10.7. The third-order valence-corrected chi connectivity index (χ3v) is 3.11. The van der Waals surface area contributed by atoms with E-state index in [1.165, 1.54) is 19.4 Å². The number of hydrogen-bond donors (Lipinski definition) is 0. The van der Waals surface area contributed by atoms with Crippen molar-refractivity contribution in [1.82, 2.24) is 9.80 Å². The Kier molecular flexibility index (Phi) is 3.46. The Labute approximate surface area is 91.2 Å². The largest absolute Gasteiger partial charge is 0.450 e. The van der Waals surface area contributed by atoms with E-state index in [0.717, 1.165) is 32.1 Å². The molecule has 4 heteroatoms. The van der Waals surface area contributed by atoms with Crippen LogP contribution in [-0.2, 0) is 4.74 Å². The van der Waals surface area contributed by atoms with Crippen molar-refractivity contribution in [2.24, 2.45) is 5.92 Å². The molecule has 2 rings (SSSR count). The molecule has 0 unspecified atom stereocenters. The van der Waals surface area contributed by atoms with Crippen LogP contribution in [-0.4, -0.2) is 55.2 Å². The number of nitrogens with zero attached hydrogens (tertiary/aromatic N) is 2. The van der Waals surface area contributed by atoms with Crippen LogP contribution in [0.5, 0.6) is 0 Å². The molecule has 1 heterocycles. The summed E-state index contributed by atoms with van der Waals surface area (Å²) >= 11 is 0. The number of carbonyl (C=O) groups excluding carboxylic acids is 1. The summed E-state index contributed by atoms with van der Waals surface area (Å²) in [7, 11) is 0. The molecule has 0 aromatic heterocycles. The Balaban J connectivity index is 1.68. The molecular weight excluding hydrogens is 192 g/mol. The first kappa shape index (κ1) is 10.7. The predicted molar refractivity (Wildman–Crippen MR) is 57.8 cm³/mol. The van der Waals surface area contributed by atoms with Crippen LogP contribution >= 0.6 is 0 Å². The van der Waals surface area contributed by atoms with Gasteiger partial charge in [0.25, 0.3) is 0 Å². The highest BCUT2D eigenvalue weighted by molar-refractivity contribution is 5.67. The van der Waals surface area contributed by atoms with Gasteiger partial charge in [0.15, 0.2) is 0 Å². The molecule has 15 heavy (non-hydrogen) atoms. The fourth-order valence-electron chi connectivity index (χ4n) is 1.99. The molecule has 2 fully saturated rings. The highest BCUT2D eigenvalue weighted by atomic mass is 16.6. The van der Waals surface area contributed by atoms with Crippen LogP contribution in [0, 0.1) is 5.92 Å². The van der Waals surface area contributed by atoms with E-state index in [-0.39, 0.29) is 6.09 Å². The zero-order valence-electron chi connectivity index (χ0n) is 9.45. The number of piperazine rings is 1. The zero-order valence-corrected chi connectivity index (χ0v) is 9.45. The topological polar surface area (TPSA) is 32.8 Å². The van der Waals surface area contributed by atoms with Gasteiger partial charge in [-0.1, -0.05) is 0 Å². The Hall–Kier alpha value is -0.770. The van der Waals surface area contributed by atoms with Crippen molar-refractivity contribution in [3.05, 3.63) is 0 Å². The molecule has 86 valence electrons. The molecular formula is C11H20N2O2. The standard InChI is InChI=1S/C11H20N2O2/c1-2-15-11(14)13-7-5-12(6-8-13)9-10-3-4-10/h10H,2-9H2,1H3. The van der Waals surface area contributed by atoms with Gasteiger partial charge in [0, 0.05) is 32.7 Å². The van der Waals surface area contributed by atoms with Gasteiger partial charge in [0.1, 0.15) is 0 Å². The van der Waals surface area contributed by atoms with E-state index in [1.807, 2.05) is 11.8 Å². The lowest BCUT2D eigenvalue weighted by molar-refractivity contribution is 0.0785. The Morgan fingerprint density at radius 3 is 2.47 bits per heavy atom. The first-order valence-electron chi connectivity index (χ1n) is 5.93. The quantitative estimate of drug-likeness (QED) is 0.704. The summed E-state index contributed by atoms with van der Waals surface area (Å²) in [5.74, 6) is 0.944. The molecule has 0 N–H and O–H groups in total. The van der Waals surface area contributed by atoms with Crippen LogP contribution in [0.3, 0.4) is 0 Å². The van der Waals surface area contributed by atoms with E-state index >= 15 is 0 Å². The van der Waals surface area contributed by atoms with Crippen LogP contribution in [0.4, 0.5) is 4.79 Å². The van der Waals surface area contributed by atoms with Crippen molar-refractivity contribution < 1.29 is 9.53 Å². The average molecular weight is 212 g/mol. The van der Waals surface area contributed by atoms with Crippen LogP contribution in [0.2, 0.25) is 0 Å². The molecule has 1 aliphatic heterocycles. The Bertz CT molecular complexity index is 221. The maximum absolute atomic E-state index is 11.4. The van der Waals surface area contributed by atoms with Crippen LogP contribution in [0.25, 0.3) is 0 Å². The number of rotatable bonds is 3. The second kappa shape index (κ2) is 4.84. The van der Waals surface area contributed by atoms with E-state index in [0.29, 0.717) is 6.61 Å². The molecule has 0 radical (unpaired) electrons. The van der Waals surface area contributed by atoms with Crippen molar-refractivity contribution in [3.63, 3.8) is 0 Å². The predicted octanol–water partition coefficient (Wildman–Crippen LogP) is 1.17. The highest BCUT2D eigenvalue weighted by Crippen LogP contribution is 2.29. The average Bonchev–Trinajstić information content (AvgIpc) is 3.03. The second-order valence-electron chi connectivity index (χ2n) is 4.43. The summed E-state index contributed by atoms with van der Waals surface area (Å²) in [5.41, 5.74) is 0. The van der Waals surface area contributed by atoms with E-state index in [4.69, 9.17) is 4.74 Å². The summed E-state index contributed by atoms with van der Waals surface area (Å²) in [5, 5.41) is 0. The maximum Gasteiger partial charge on any atom is 0.409 e. The SMILES string of the molecule is CCOC(=O)N1CCN(CC2CC2)CC1. The van der Waals surface area contributed by atoms with Gasteiger partial charge in [-0.25, -0.2) is 4.79 Å². The highest BCUT2D eigenvalue weighted by Gasteiger charge is 2.27. The Morgan fingerprint density at radius 2 is 1.93 bits per heavy atom. The molecule has 2 aliphatic rings. The van der Waals surface area contributed by atoms with E-state index in [1.54, 1.807) is 0 Å². The lowest BCUT2D eigenvalue weighted by atomic mass is 10.3. The molecule has 0 aromatic rings. The smallest absolute Gasteiger partial charge is 0.409 e. The monoisotopic (exact) mass is 212 g/mol. The summed E-state index contributed by atoms with van der Waals surface area (Å²) < 4.78 is 4.98. The first-order valence-corrected chi connectivity index (χ1v) is 5.93. The third-order valence-electron chi connectivity index (χ3n) is 3.11. The molecule has 0 aromatic carbocycles. The van der Waals surface area contributed by atoms with Crippen molar-refractivity contribution in [3.8, 4) is 0 Å². The fourth-order valence-corrected chi connectivity index (χ4v) is 1.99. The Morgan fingerprint density at radius 1 is 1.27 bits per heavy atom. The van der Waals surface area contributed by atoms with Gasteiger partial charge >= 0.3 is 6.09 Å². The lowest BCUT2D eigenvalue weighted by Crippen LogP contribution is -2.49. The number of ether oxygens (including phenoxy) is 1. The van der Waals surface area contributed by atoms with Crippen molar-refractivity contribution in [2.45, 2.75) is 19.8 Å². The van der Waals surface area contributed by atoms with Gasteiger partial charge in [-0.3, -0.25) is 4.90 Å².